The quantitative estimate of drug-likeness (QED) is 0.772. The van der Waals surface area contributed by atoms with E-state index in [0.717, 1.165) is 10.4 Å². The molecule has 6 heteroatoms. The van der Waals surface area contributed by atoms with Crippen LogP contribution in [0.4, 0.5) is 0 Å². The highest BCUT2D eigenvalue weighted by atomic mass is 35.5. The van der Waals surface area contributed by atoms with E-state index in [4.69, 9.17) is 11.6 Å². The summed E-state index contributed by atoms with van der Waals surface area (Å²) in [6.45, 7) is 3.29. The molecule has 1 aliphatic rings. The van der Waals surface area contributed by atoms with Crippen molar-refractivity contribution in [1.82, 2.24) is 9.80 Å². The first kappa shape index (κ1) is 18.9. The molecule has 0 saturated carbocycles. The van der Waals surface area contributed by atoms with Crippen LogP contribution in [0.5, 0.6) is 0 Å². The largest absolute Gasteiger partial charge is 0.339 e. The van der Waals surface area contributed by atoms with Crippen molar-refractivity contribution in [1.29, 1.82) is 0 Å². The van der Waals surface area contributed by atoms with E-state index >= 15 is 0 Å². The minimum absolute atomic E-state index is 0.00875. The topological polar surface area (TPSA) is 40.6 Å². The van der Waals surface area contributed by atoms with E-state index in [9.17, 15) is 9.59 Å². The number of hydrogen-bond acceptors (Lipinski definition) is 3. The Balaban J connectivity index is 1.57. The van der Waals surface area contributed by atoms with Crippen molar-refractivity contribution < 1.29 is 9.59 Å². The molecule has 0 unspecified atom stereocenters. The van der Waals surface area contributed by atoms with Gasteiger partial charge in [0.25, 0.3) is 5.91 Å². The van der Waals surface area contributed by atoms with Crippen molar-refractivity contribution in [3.63, 3.8) is 0 Å². The van der Waals surface area contributed by atoms with Crippen molar-refractivity contribution in [2.24, 2.45) is 5.92 Å². The van der Waals surface area contributed by atoms with Gasteiger partial charge >= 0.3 is 0 Å². The maximum absolute atomic E-state index is 12.9. The molecule has 2 aromatic rings. The summed E-state index contributed by atoms with van der Waals surface area (Å²) in [5.41, 5.74) is 1.07. The summed E-state index contributed by atoms with van der Waals surface area (Å²) in [6.07, 6.45) is 1.43. The lowest BCUT2D eigenvalue weighted by Gasteiger charge is -2.35. The maximum Gasteiger partial charge on any atom is 0.263 e. The molecule has 1 fully saturated rings. The summed E-state index contributed by atoms with van der Waals surface area (Å²) < 4.78 is 0. The molecule has 2 amide bonds. The van der Waals surface area contributed by atoms with Gasteiger partial charge in [0.15, 0.2) is 0 Å². The minimum atomic E-state index is -0.0258. The van der Waals surface area contributed by atoms with E-state index < -0.39 is 0 Å². The van der Waals surface area contributed by atoms with Gasteiger partial charge in [-0.1, -0.05) is 29.8 Å². The number of halogens is 1. The Hall–Kier alpha value is -1.85. The van der Waals surface area contributed by atoms with Crippen LogP contribution in [0.2, 0.25) is 5.02 Å². The molecule has 1 saturated heterocycles. The molecule has 0 spiro atoms. The van der Waals surface area contributed by atoms with Crippen molar-refractivity contribution in [3.05, 3.63) is 57.2 Å². The Bertz CT molecular complexity index is 753. The fourth-order valence-corrected chi connectivity index (χ4v) is 4.15. The normalized spacial score (nSPS) is 16.3. The zero-order valence-electron chi connectivity index (χ0n) is 15.0. The molecule has 4 nitrogen and oxygen atoms in total. The summed E-state index contributed by atoms with van der Waals surface area (Å²) in [4.78, 5) is 29.7. The minimum Gasteiger partial charge on any atom is -0.339 e. The number of benzene rings is 1. The molecular formula is C20H23ClN2O2S. The second-order valence-electron chi connectivity index (χ2n) is 6.72. The lowest BCUT2D eigenvalue weighted by molar-refractivity contribution is -0.137. The summed E-state index contributed by atoms with van der Waals surface area (Å²) in [5, 5.41) is 2.61. The molecule has 1 aromatic heterocycles. The van der Waals surface area contributed by atoms with Gasteiger partial charge in [0.2, 0.25) is 5.91 Å². The average Bonchev–Trinajstić information content (AvgIpc) is 3.21. The van der Waals surface area contributed by atoms with Gasteiger partial charge in [-0.2, -0.15) is 0 Å². The van der Waals surface area contributed by atoms with Gasteiger partial charge < -0.3 is 9.80 Å². The summed E-state index contributed by atoms with van der Waals surface area (Å²) in [5.74, 6) is 0.201. The van der Waals surface area contributed by atoms with Crippen LogP contribution in [0.1, 0.15) is 41.0 Å². The molecule has 2 heterocycles. The lowest BCUT2D eigenvalue weighted by Crippen LogP contribution is -2.43. The number of carbonyl (C=O) groups is 2. The van der Waals surface area contributed by atoms with E-state index in [1.165, 1.54) is 11.3 Å². The van der Waals surface area contributed by atoms with Crippen LogP contribution in [-0.2, 0) is 4.79 Å². The van der Waals surface area contributed by atoms with Gasteiger partial charge in [0.1, 0.15) is 0 Å². The van der Waals surface area contributed by atoms with Crippen molar-refractivity contribution in [3.8, 4) is 0 Å². The second kappa shape index (κ2) is 8.23. The molecule has 26 heavy (non-hydrogen) atoms. The van der Waals surface area contributed by atoms with Crippen LogP contribution < -0.4 is 0 Å². The first-order valence-corrected chi connectivity index (χ1v) is 10.1. The van der Waals surface area contributed by atoms with E-state index in [2.05, 4.69) is 0 Å². The molecular weight excluding hydrogens is 368 g/mol. The fraction of sp³-hybridized carbons (Fsp3) is 0.400. The highest BCUT2D eigenvalue weighted by Gasteiger charge is 2.31. The number of piperidine rings is 1. The van der Waals surface area contributed by atoms with Crippen LogP contribution in [0.3, 0.4) is 0 Å². The standard InChI is InChI=1S/C20H23ClN2O2S/c1-14(15-5-7-17(21)8-6-15)22(2)19(24)16-9-11-23(12-10-16)20(25)18-4-3-13-26-18/h3-8,13-14,16H,9-12H2,1-2H3/t14-/m0/s1. The van der Waals surface area contributed by atoms with Crippen molar-refractivity contribution in [2.45, 2.75) is 25.8 Å². The third-order valence-corrected chi connectivity index (χ3v) is 6.25. The molecule has 138 valence electrons. The lowest BCUT2D eigenvalue weighted by atomic mass is 9.94. The average molecular weight is 391 g/mol. The van der Waals surface area contributed by atoms with E-state index in [-0.39, 0.29) is 23.8 Å². The Labute approximate surface area is 163 Å². The monoisotopic (exact) mass is 390 g/mol. The van der Waals surface area contributed by atoms with Crippen LogP contribution in [-0.4, -0.2) is 41.8 Å². The number of carbonyl (C=O) groups excluding carboxylic acids is 2. The van der Waals surface area contributed by atoms with Crippen LogP contribution in [0.25, 0.3) is 0 Å². The highest BCUT2D eigenvalue weighted by molar-refractivity contribution is 7.12. The summed E-state index contributed by atoms with van der Waals surface area (Å²) in [7, 11) is 1.85. The fourth-order valence-electron chi connectivity index (χ4n) is 3.33. The maximum atomic E-state index is 12.9. The molecule has 0 aliphatic carbocycles. The van der Waals surface area contributed by atoms with Gasteiger partial charge in [-0.05, 0) is 48.9 Å². The Kier molecular flexibility index (Phi) is 5.99. The summed E-state index contributed by atoms with van der Waals surface area (Å²) >= 11 is 7.41. The van der Waals surface area contributed by atoms with E-state index in [1.807, 2.05) is 65.5 Å². The van der Waals surface area contributed by atoms with Gasteiger partial charge in [-0.3, -0.25) is 9.59 Å². The summed E-state index contributed by atoms with van der Waals surface area (Å²) in [6, 6.07) is 11.3. The Morgan fingerprint density at radius 3 is 2.42 bits per heavy atom. The third-order valence-electron chi connectivity index (χ3n) is 5.14. The first-order chi connectivity index (χ1) is 12.5. The molecule has 1 aliphatic heterocycles. The number of nitrogens with zero attached hydrogens (tertiary/aromatic N) is 2. The predicted molar refractivity (Wildman–Crippen MR) is 106 cm³/mol. The predicted octanol–water partition coefficient (Wildman–Crippen LogP) is 4.47. The zero-order valence-corrected chi connectivity index (χ0v) is 16.6. The smallest absolute Gasteiger partial charge is 0.263 e. The van der Waals surface area contributed by atoms with E-state index in [1.54, 1.807) is 0 Å². The second-order valence-corrected chi connectivity index (χ2v) is 8.10. The highest BCUT2D eigenvalue weighted by Crippen LogP contribution is 2.27. The molecule has 0 N–H and O–H groups in total. The number of rotatable bonds is 4. The van der Waals surface area contributed by atoms with Crippen LogP contribution >= 0.6 is 22.9 Å². The van der Waals surface area contributed by atoms with Crippen molar-refractivity contribution in [2.75, 3.05) is 20.1 Å². The molecule has 1 atom stereocenters. The molecule has 0 bridgehead atoms. The van der Waals surface area contributed by atoms with Crippen LogP contribution in [0, 0.1) is 5.92 Å². The Morgan fingerprint density at radius 1 is 1.19 bits per heavy atom. The van der Waals surface area contributed by atoms with Crippen LogP contribution in [0.15, 0.2) is 41.8 Å². The van der Waals surface area contributed by atoms with E-state index in [0.29, 0.717) is 31.0 Å². The third kappa shape index (κ3) is 4.10. The van der Waals surface area contributed by atoms with Gasteiger partial charge in [-0.15, -0.1) is 11.3 Å². The Morgan fingerprint density at radius 2 is 1.85 bits per heavy atom. The number of likely N-dealkylation sites (tertiary alicyclic amines) is 1. The van der Waals surface area contributed by atoms with Gasteiger partial charge in [-0.25, -0.2) is 0 Å². The molecule has 0 radical (unpaired) electrons. The zero-order chi connectivity index (χ0) is 18.7. The first-order valence-electron chi connectivity index (χ1n) is 8.82. The SMILES string of the molecule is C[C@@H](c1ccc(Cl)cc1)N(C)C(=O)C1CCN(C(=O)c2cccs2)CC1. The number of hydrogen-bond donors (Lipinski definition) is 0. The van der Waals surface area contributed by atoms with Crippen molar-refractivity contribution >= 4 is 34.8 Å². The molecule has 3 rings (SSSR count). The van der Waals surface area contributed by atoms with Gasteiger partial charge in [0.05, 0.1) is 10.9 Å². The van der Waals surface area contributed by atoms with Gasteiger partial charge in [0, 0.05) is 31.1 Å². The molecule has 1 aromatic carbocycles. The number of amides is 2. The number of thiophene rings is 1.